The zero-order chi connectivity index (χ0) is 26.7. The molecule has 1 N–H and O–H groups in total. The molecule has 4 rings (SSSR count). The summed E-state index contributed by atoms with van der Waals surface area (Å²) < 4.78 is 13.0. The molecular weight excluding hydrogens is 560 g/mol. The number of hydrogen-bond acceptors (Lipinski definition) is 5. The maximum Gasteiger partial charge on any atom is 0.322 e. The van der Waals surface area contributed by atoms with Gasteiger partial charge in [0.05, 0.1) is 41.3 Å². The van der Waals surface area contributed by atoms with E-state index in [-0.39, 0.29) is 11.6 Å². The summed E-state index contributed by atoms with van der Waals surface area (Å²) in [6.07, 6.45) is 0. The summed E-state index contributed by atoms with van der Waals surface area (Å²) in [5.74, 6) is 1.37. The molecule has 0 spiro atoms. The first-order chi connectivity index (χ1) is 17.8. The Morgan fingerprint density at radius 2 is 1.84 bits per heavy atom. The van der Waals surface area contributed by atoms with E-state index in [0.717, 1.165) is 0 Å². The molecule has 8 nitrogen and oxygen atoms in total. The molecule has 3 aromatic carbocycles. The number of hydrogen-bond donors (Lipinski definition) is 1. The van der Waals surface area contributed by atoms with E-state index in [4.69, 9.17) is 26.1 Å². The lowest BCUT2D eigenvalue weighted by atomic mass is 10.1. The van der Waals surface area contributed by atoms with Gasteiger partial charge in [-0.05, 0) is 66.2 Å². The molecule has 0 aliphatic heterocycles. The second-order valence-corrected chi connectivity index (χ2v) is 9.42. The molecule has 4 aromatic rings. The lowest BCUT2D eigenvalue weighted by Crippen LogP contribution is -2.39. The number of fused-ring (bicyclic) bond motifs is 1. The molecule has 0 bridgehead atoms. The van der Waals surface area contributed by atoms with E-state index in [1.165, 1.54) is 18.8 Å². The normalized spacial score (nSPS) is 11.7. The first-order valence-corrected chi connectivity index (χ1v) is 12.7. The van der Waals surface area contributed by atoms with Crippen molar-refractivity contribution >= 4 is 50.2 Å². The van der Waals surface area contributed by atoms with Crippen LogP contribution < -0.4 is 20.3 Å². The smallest absolute Gasteiger partial charge is 0.322 e. The average Bonchev–Trinajstić information content (AvgIpc) is 2.90. The fourth-order valence-electron chi connectivity index (χ4n) is 4.11. The number of amides is 2. The summed E-state index contributed by atoms with van der Waals surface area (Å²) in [6.45, 7) is 4.07. The van der Waals surface area contributed by atoms with E-state index in [1.807, 2.05) is 19.9 Å². The van der Waals surface area contributed by atoms with E-state index in [2.05, 4.69) is 21.2 Å². The fourth-order valence-corrected chi connectivity index (χ4v) is 4.81. The average molecular weight is 586 g/mol. The minimum absolute atomic E-state index is 0.280. The molecular formula is C27H26BrClN4O4. The Balaban J connectivity index is 1.89. The summed E-state index contributed by atoms with van der Waals surface area (Å²) >= 11 is 9.56. The number of para-hydroxylation sites is 1. The van der Waals surface area contributed by atoms with Crippen molar-refractivity contribution in [1.82, 2.24) is 14.5 Å². The molecule has 37 heavy (non-hydrogen) atoms. The molecule has 0 radical (unpaired) electrons. The monoisotopic (exact) mass is 584 g/mol. The molecule has 0 saturated heterocycles. The van der Waals surface area contributed by atoms with Crippen LogP contribution in [0.2, 0.25) is 5.02 Å². The highest BCUT2D eigenvalue weighted by Crippen LogP contribution is 2.37. The van der Waals surface area contributed by atoms with Gasteiger partial charge in [0.25, 0.3) is 5.56 Å². The van der Waals surface area contributed by atoms with Gasteiger partial charge < -0.3 is 19.7 Å². The van der Waals surface area contributed by atoms with Gasteiger partial charge in [0, 0.05) is 29.4 Å². The van der Waals surface area contributed by atoms with E-state index in [0.29, 0.717) is 55.6 Å². The van der Waals surface area contributed by atoms with Gasteiger partial charge in [-0.15, -0.1) is 0 Å². The lowest BCUT2D eigenvalue weighted by Gasteiger charge is -2.30. The van der Waals surface area contributed by atoms with Crippen molar-refractivity contribution in [3.05, 3.63) is 86.3 Å². The van der Waals surface area contributed by atoms with Crippen LogP contribution in [0.4, 0.5) is 10.5 Å². The highest BCUT2D eigenvalue weighted by Gasteiger charge is 2.27. The van der Waals surface area contributed by atoms with Crippen LogP contribution in [-0.4, -0.2) is 41.2 Å². The van der Waals surface area contributed by atoms with Gasteiger partial charge >= 0.3 is 6.03 Å². The lowest BCUT2D eigenvalue weighted by molar-refractivity contribution is 0.193. The highest BCUT2D eigenvalue weighted by molar-refractivity contribution is 9.10. The number of aromatic nitrogens is 2. The Labute approximate surface area is 227 Å². The maximum atomic E-state index is 13.9. The molecule has 1 unspecified atom stereocenters. The van der Waals surface area contributed by atoms with Crippen molar-refractivity contribution in [2.24, 2.45) is 0 Å². The quantitative estimate of drug-likeness (QED) is 0.270. The second-order valence-electron chi connectivity index (χ2n) is 8.19. The molecule has 192 valence electrons. The number of ether oxygens (including phenoxy) is 2. The summed E-state index contributed by atoms with van der Waals surface area (Å²) in [7, 11) is 3.07. The maximum absolute atomic E-state index is 13.9. The third-order valence-corrected chi connectivity index (χ3v) is 7.08. The summed E-state index contributed by atoms with van der Waals surface area (Å²) in [5, 5.41) is 3.91. The number of nitrogens with one attached hydrogen (secondary N) is 1. The van der Waals surface area contributed by atoms with Gasteiger partial charge in [0.2, 0.25) is 0 Å². The number of carbonyl (C=O) groups excluding carboxylic acids is 1. The SMILES string of the molecule is CCN(C(=O)Nc1ccc(Cl)cc1)C(C)c1nc2ccccc2c(=O)n1-c1cc(OC)cc(OC)c1Br. The Hall–Kier alpha value is -3.56. The number of nitrogens with zero attached hydrogens (tertiary/aromatic N) is 3. The zero-order valence-electron chi connectivity index (χ0n) is 20.8. The minimum Gasteiger partial charge on any atom is -0.497 e. The van der Waals surface area contributed by atoms with Crippen LogP contribution in [0.1, 0.15) is 25.7 Å². The van der Waals surface area contributed by atoms with Gasteiger partial charge in [-0.1, -0.05) is 23.7 Å². The van der Waals surface area contributed by atoms with Crippen LogP contribution in [0.15, 0.2) is 69.9 Å². The number of rotatable bonds is 7. The first kappa shape index (κ1) is 26.5. The van der Waals surface area contributed by atoms with E-state index < -0.39 is 6.04 Å². The number of halogens is 2. The third-order valence-electron chi connectivity index (χ3n) is 6.03. The van der Waals surface area contributed by atoms with Crippen LogP contribution in [-0.2, 0) is 0 Å². The Morgan fingerprint density at radius 1 is 1.14 bits per heavy atom. The molecule has 1 atom stereocenters. The van der Waals surface area contributed by atoms with Gasteiger partial charge in [-0.2, -0.15) is 0 Å². The molecule has 0 aliphatic rings. The summed E-state index contributed by atoms with van der Waals surface area (Å²) in [4.78, 5) is 33.7. The summed E-state index contributed by atoms with van der Waals surface area (Å²) in [6, 6.07) is 16.5. The second kappa shape index (κ2) is 11.2. The van der Waals surface area contributed by atoms with Gasteiger partial charge in [0.15, 0.2) is 0 Å². The largest absolute Gasteiger partial charge is 0.497 e. The van der Waals surface area contributed by atoms with Crippen LogP contribution in [0.3, 0.4) is 0 Å². The predicted molar refractivity (Wildman–Crippen MR) is 149 cm³/mol. The molecule has 0 saturated carbocycles. The van der Waals surface area contributed by atoms with Gasteiger partial charge in [-0.25, -0.2) is 9.78 Å². The minimum atomic E-state index is -0.585. The van der Waals surface area contributed by atoms with Gasteiger partial charge in [0.1, 0.15) is 17.3 Å². The van der Waals surface area contributed by atoms with Crippen molar-refractivity contribution in [2.45, 2.75) is 19.9 Å². The standard InChI is InChI=1S/C27H26BrClN4O4/c1-5-32(27(35)30-18-12-10-17(29)11-13-18)16(2)25-31-21-9-7-6-8-20(21)26(34)33(25)22-14-19(36-3)15-23(37-4)24(22)28/h6-16H,5H2,1-4H3,(H,30,35). The zero-order valence-corrected chi connectivity index (χ0v) is 23.1. The van der Waals surface area contributed by atoms with E-state index in [9.17, 15) is 9.59 Å². The summed E-state index contributed by atoms with van der Waals surface area (Å²) in [5.41, 5.74) is 1.34. The van der Waals surface area contributed by atoms with E-state index >= 15 is 0 Å². The highest BCUT2D eigenvalue weighted by atomic mass is 79.9. The van der Waals surface area contributed by atoms with Crippen LogP contribution in [0, 0.1) is 0 Å². The van der Waals surface area contributed by atoms with Crippen molar-refractivity contribution in [1.29, 1.82) is 0 Å². The van der Waals surface area contributed by atoms with Crippen LogP contribution >= 0.6 is 27.5 Å². The molecule has 0 fully saturated rings. The molecule has 1 heterocycles. The van der Waals surface area contributed by atoms with Crippen molar-refractivity contribution < 1.29 is 14.3 Å². The van der Waals surface area contributed by atoms with E-state index in [1.54, 1.807) is 59.5 Å². The first-order valence-electron chi connectivity index (χ1n) is 11.6. The number of urea groups is 1. The van der Waals surface area contributed by atoms with Crippen LogP contribution in [0.5, 0.6) is 11.5 Å². The topological polar surface area (TPSA) is 85.7 Å². The number of methoxy groups -OCH3 is 2. The molecule has 1 aromatic heterocycles. The Morgan fingerprint density at radius 3 is 2.49 bits per heavy atom. The Bertz CT molecular complexity index is 1510. The molecule has 0 aliphatic carbocycles. The number of anilines is 1. The fraction of sp³-hybridized carbons (Fsp3) is 0.222. The Kier molecular flexibility index (Phi) is 8.04. The van der Waals surface area contributed by atoms with Crippen molar-refractivity contribution in [3.8, 4) is 17.2 Å². The number of benzene rings is 3. The van der Waals surface area contributed by atoms with Gasteiger partial charge in [-0.3, -0.25) is 9.36 Å². The van der Waals surface area contributed by atoms with Crippen molar-refractivity contribution in [2.75, 3.05) is 26.1 Å². The molecule has 2 amide bonds. The number of carbonyl (C=O) groups is 1. The van der Waals surface area contributed by atoms with Crippen molar-refractivity contribution in [3.63, 3.8) is 0 Å². The third kappa shape index (κ3) is 5.28. The predicted octanol–water partition coefficient (Wildman–Crippen LogP) is 6.43. The van der Waals surface area contributed by atoms with Crippen LogP contribution in [0.25, 0.3) is 16.6 Å². The molecule has 10 heteroatoms.